The molecule has 2 N–H and O–H groups in total. The molecule has 1 aliphatic heterocycles. The molecule has 2 nitrogen and oxygen atoms in total. The molecular formula is C7H13N2+. The lowest BCUT2D eigenvalue weighted by atomic mass is 10.3. The normalized spacial score (nSPS) is 23.6. The van der Waals surface area contributed by atoms with Crippen LogP contribution in [0.4, 0.5) is 0 Å². The van der Waals surface area contributed by atoms with Crippen LogP contribution in [0.1, 0.15) is 0 Å². The highest BCUT2D eigenvalue weighted by Gasteiger charge is 2.14. The van der Waals surface area contributed by atoms with Crippen molar-refractivity contribution in [3.63, 3.8) is 0 Å². The van der Waals surface area contributed by atoms with Crippen LogP contribution in [0.2, 0.25) is 0 Å². The van der Waals surface area contributed by atoms with Crippen LogP contribution in [0.5, 0.6) is 0 Å². The SMILES string of the molecule is C[N+]1(C)C=CC=C(N)C1. The summed E-state index contributed by atoms with van der Waals surface area (Å²) in [7, 11) is 4.24. The minimum Gasteiger partial charge on any atom is -0.397 e. The molecule has 0 aliphatic carbocycles. The zero-order valence-electron chi connectivity index (χ0n) is 5.96. The van der Waals surface area contributed by atoms with Crippen molar-refractivity contribution in [2.45, 2.75) is 0 Å². The largest absolute Gasteiger partial charge is 0.397 e. The second-order valence-electron chi connectivity index (χ2n) is 3.02. The van der Waals surface area contributed by atoms with Crippen molar-refractivity contribution in [3.8, 4) is 0 Å². The average Bonchev–Trinajstić information content (AvgIpc) is 1.60. The molecule has 0 aromatic carbocycles. The Morgan fingerprint density at radius 2 is 2.22 bits per heavy atom. The van der Waals surface area contributed by atoms with E-state index < -0.39 is 0 Å². The van der Waals surface area contributed by atoms with E-state index in [-0.39, 0.29) is 0 Å². The van der Waals surface area contributed by atoms with Crippen LogP contribution < -0.4 is 5.73 Å². The van der Waals surface area contributed by atoms with Crippen molar-refractivity contribution in [2.75, 3.05) is 20.6 Å². The molecular weight excluding hydrogens is 112 g/mol. The lowest BCUT2D eigenvalue weighted by Gasteiger charge is -2.26. The second kappa shape index (κ2) is 1.88. The van der Waals surface area contributed by atoms with Gasteiger partial charge in [-0.05, 0) is 12.2 Å². The van der Waals surface area contributed by atoms with Crippen molar-refractivity contribution >= 4 is 0 Å². The Hall–Kier alpha value is -0.760. The van der Waals surface area contributed by atoms with Crippen LogP contribution in [0.15, 0.2) is 24.0 Å². The fraction of sp³-hybridized carbons (Fsp3) is 0.429. The number of nitrogens with two attached hydrogens (primary N) is 1. The summed E-state index contributed by atoms with van der Waals surface area (Å²) in [5.74, 6) is 0. The maximum absolute atomic E-state index is 5.60. The number of nitrogens with zero attached hydrogens (tertiary/aromatic N) is 1. The Morgan fingerprint density at radius 3 is 2.56 bits per heavy atom. The Labute approximate surface area is 55.9 Å². The summed E-state index contributed by atoms with van der Waals surface area (Å²) in [6.45, 7) is 0.927. The van der Waals surface area contributed by atoms with Gasteiger partial charge in [-0.3, -0.25) is 4.48 Å². The number of quaternary nitrogens is 1. The third-order valence-electron chi connectivity index (χ3n) is 1.39. The minimum absolute atomic E-state index is 0.863. The van der Waals surface area contributed by atoms with Crippen LogP contribution in [-0.4, -0.2) is 25.1 Å². The summed E-state index contributed by atoms with van der Waals surface area (Å²) in [6.07, 6.45) is 6.07. The predicted molar refractivity (Wildman–Crippen MR) is 38.4 cm³/mol. The molecule has 0 aromatic rings. The zero-order chi connectivity index (χ0) is 6.91. The van der Waals surface area contributed by atoms with Crippen molar-refractivity contribution in [3.05, 3.63) is 24.0 Å². The second-order valence-corrected chi connectivity index (χ2v) is 3.02. The monoisotopic (exact) mass is 125 g/mol. The quantitative estimate of drug-likeness (QED) is 0.467. The molecule has 2 heteroatoms. The summed E-state index contributed by atoms with van der Waals surface area (Å²) < 4.78 is 0.863. The summed E-state index contributed by atoms with van der Waals surface area (Å²) in [5.41, 5.74) is 6.57. The molecule has 50 valence electrons. The first-order chi connectivity index (χ1) is 4.10. The molecule has 0 amide bonds. The van der Waals surface area contributed by atoms with E-state index in [1.165, 1.54) is 0 Å². The van der Waals surface area contributed by atoms with E-state index >= 15 is 0 Å². The Balaban J connectivity index is 2.73. The Morgan fingerprint density at radius 1 is 1.56 bits per heavy atom. The van der Waals surface area contributed by atoms with E-state index in [9.17, 15) is 0 Å². The summed E-state index contributed by atoms with van der Waals surface area (Å²) >= 11 is 0. The molecule has 0 radical (unpaired) electrons. The van der Waals surface area contributed by atoms with E-state index in [0.29, 0.717) is 0 Å². The third kappa shape index (κ3) is 1.57. The van der Waals surface area contributed by atoms with Gasteiger partial charge in [0.25, 0.3) is 0 Å². The number of rotatable bonds is 0. The van der Waals surface area contributed by atoms with Gasteiger partial charge < -0.3 is 5.73 Å². The first-order valence-corrected chi connectivity index (χ1v) is 3.07. The van der Waals surface area contributed by atoms with E-state index in [4.69, 9.17) is 5.73 Å². The Kier molecular flexibility index (Phi) is 1.33. The average molecular weight is 125 g/mol. The van der Waals surface area contributed by atoms with Crippen LogP contribution in [-0.2, 0) is 0 Å². The van der Waals surface area contributed by atoms with Gasteiger partial charge in [0.05, 0.1) is 26.0 Å². The molecule has 0 bridgehead atoms. The summed E-state index contributed by atoms with van der Waals surface area (Å²) in [6, 6.07) is 0. The summed E-state index contributed by atoms with van der Waals surface area (Å²) in [5, 5.41) is 0. The van der Waals surface area contributed by atoms with Gasteiger partial charge in [-0.1, -0.05) is 0 Å². The van der Waals surface area contributed by atoms with E-state index in [1.54, 1.807) is 0 Å². The van der Waals surface area contributed by atoms with Gasteiger partial charge in [0.2, 0.25) is 0 Å². The highest BCUT2D eigenvalue weighted by Crippen LogP contribution is 2.06. The first-order valence-electron chi connectivity index (χ1n) is 3.07. The van der Waals surface area contributed by atoms with E-state index in [2.05, 4.69) is 20.3 Å². The fourth-order valence-corrected chi connectivity index (χ4v) is 0.976. The maximum atomic E-state index is 5.60. The third-order valence-corrected chi connectivity index (χ3v) is 1.39. The van der Waals surface area contributed by atoms with Crippen molar-refractivity contribution in [1.29, 1.82) is 0 Å². The van der Waals surface area contributed by atoms with E-state index in [0.717, 1.165) is 16.7 Å². The fourth-order valence-electron chi connectivity index (χ4n) is 0.976. The predicted octanol–water partition coefficient (Wildman–Crippen LogP) is 0.433. The van der Waals surface area contributed by atoms with Gasteiger partial charge in [-0.25, -0.2) is 0 Å². The van der Waals surface area contributed by atoms with Gasteiger partial charge in [-0.15, -0.1) is 0 Å². The van der Waals surface area contributed by atoms with Gasteiger partial charge in [-0.2, -0.15) is 0 Å². The van der Waals surface area contributed by atoms with Gasteiger partial charge in [0.1, 0.15) is 6.54 Å². The van der Waals surface area contributed by atoms with E-state index in [1.807, 2.05) is 12.2 Å². The van der Waals surface area contributed by atoms with Crippen molar-refractivity contribution in [2.24, 2.45) is 5.73 Å². The molecule has 0 saturated carbocycles. The summed E-state index contributed by atoms with van der Waals surface area (Å²) in [4.78, 5) is 0. The molecule has 0 fully saturated rings. The van der Waals surface area contributed by atoms with Crippen molar-refractivity contribution < 1.29 is 4.48 Å². The first kappa shape index (κ1) is 6.36. The van der Waals surface area contributed by atoms with Gasteiger partial charge in [0, 0.05) is 0 Å². The highest BCUT2D eigenvalue weighted by molar-refractivity contribution is 5.11. The van der Waals surface area contributed by atoms with Crippen molar-refractivity contribution in [1.82, 2.24) is 0 Å². The molecule has 1 aliphatic rings. The molecule has 0 unspecified atom stereocenters. The Bertz CT molecular complexity index is 166. The standard InChI is InChI=1S/C7H13N2/c1-9(2)5-3-4-7(8)6-9/h3-5H,6,8H2,1-2H3/q+1. The molecule has 1 heterocycles. The molecule has 0 aromatic heterocycles. The minimum atomic E-state index is 0.863. The molecule has 0 saturated heterocycles. The zero-order valence-corrected chi connectivity index (χ0v) is 5.96. The maximum Gasteiger partial charge on any atom is 0.123 e. The number of allylic oxidation sites excluding steroid dienone is 2. The van der Waals surface area contributed by atoms with Crippen LogP contribution in [0.3, 0.4) is 0 Å². The molecule has 1 rings (SSSR count). The van der Waals surface area contributed by atoms with Gasteiger partial charge in [0.15, 0.2) is 0 Å². The van der Waals surface area contributed by atoms with Crippen LogP contribution in [0, 0.1) is 0 Å². The molecule has 0 atom stereocenters. The van der Waals surface area contributed by atoms with Crippen LogP contribution >= 0.6 is 0 Å². The number of hydrogen-bond acceptors (Lipinski definition) is 1. The lowest BCUT2D eigenvalue weighted by Crippen LogP contribution is -2.38. The number of likely N-dealkylation sites (N-methyl/N-ethyl adjacent to an activating group) is 1. The lowest BCUT2D eigenvalue weighted by molar-refractivity contribution is -0.834. The smallest absolute Gasteiger partial charge is 0.123 e. The van der Waals surface area contributed by atoms with Crippen LogP contribution in [0.25, 0.3) is 0 Å². The highest BCUT2D eigenvalue weighted by atomic mass is 15.3. The molecule has 9 heavy (non-hydrogen) atoms. The topological polar surface area (TPSA) is 26.0 Å². The number of hydrogen-bond donors (Lipinski definition) is 1. The van der Waals surface area contributed by atoms with Gasteiger partial charge >= 0.3 is 0 Å². The molecule has 0 spiro atoms.